The number of thiazole rings is 1. The van der Waals surface area contributed by atoms with Crippen molar-refractivity contribution < 1.29 is 46.5 Å². The third-order valence-electron chi connectivity index (χ3n) is 5.19. The Kier molecular flexibility index (Phi) is 12.3. The molecule has 0 aliphatic carbocycles. The van der Waals surface area contributed by atoms with E-state index >= 15 is 0 Å². The zero-order valence-electron chi connectivity index (χ0n) is 22.8. The number of halogens is 5. The minimum absolute atomic E-state index is 0.138. The van der Waals surface area contributed by atoms with Crippen LogP contribution in [-0.4, -0.2) is 73.2 Å². The maximum atomic E-state index is 13.3. The van der Waals surface area contributed by atoms with E-state index in [1.54, 1.807) is 5.38 Å². The summed E-state index contributed by atoms with van der Waals surface area (Å²) in [6, 6.07) is 1.18. The molecule has 234 valence electrons. The lowest BCUT2D eigenvalue weighted by Gasteiger charge is -2.32. The van der Waals surface area contributed by atoms with Gasteiger partial charge < -0.3 is 18.9 Å². The van der Waals surface area contributed by atoms with Crippen LogP contribution in [0.5, 0.6) is 0 Å². The zero-order valence-corrected chi connectivity index (χ0v) is 26.8. The quantitative estimate of drug-likeness (QED) is 0.0989. The molecule has 2 unspecified atom stereocenters. The predicted molar refractivity (Wildman–Crippen MR) is 151 cm³/mol. The summed E-state index contributed by atoms with van der Waals surface area (Å²) in [7, 11) is 0. The molecule has 0 aromatic carbocycles. The molecule has 0 saturated heterocycles. The summed E-state index contributed by atoms with van der Waals surface area (Å²) in [5.41, 5.74) is -1.94. The normalized spacial score (nSPS) is 14.4. The van der Waals surface area contributed by atoms with Gasteiger partial charge in [-0.1, -0.05) is 28.6 Å². The number of hydrogen-bond acceptors (Lipinski definition) is 13. The summed E-state index contributed by atoms with van der Waals surface area (Å²) in [6.07, 6.45) is -5.39. The van der Waals surface area contributed by atoms with Crippen LogP contribution in [0.4, 0.5) is 13.2 Å². The summed E-state index contributed by atoms with van der Waals surface area (Å²) in [4.78, 5) is 43.3. The zero-order chi connectivity index (χ0) is 31.9. The molecule has 0 spiro atoms. The molecule has 0 aliphatic heterocycles. The number of thioether (sulfide) groups is 1. The summed E-state index contributed by atoms with van der Waals surface area (Å²) >= 11 is 10.9. The van der Waals surface area contributed by atoms with Crippen molar-refractivity contribution in [2.75, 3.05) is 6.61 Å². The Labute approximate surface area is 264 Å². The summed E-state index contributed by atoms with van der Waals surface area (Å²) in [5.74, 6) is -1.99. The molecule has 4 atom stereocenters. The predicted octanol–water partition coefficient (Wildman–Crippen LogP) is 5.18. The molecular weight excluding hydrogens is 707 g/mol. The van der Waals surface area contributed by atoms with Crippen LogP contribution in [0.1, 0.15) is 33.4 Å². The number of esters is 3. The fourth-order valence-corrected chi connectivity index (χ4v) is 6.13. The first-order valence-electron chi connectivity index (χ1n) is 12.2. The van der Waals surface area contributed by atoms with Gasteiger partial charge in [0.1, 0.15) is 40.1 Å². The van der Waals surface area contributed by atoms with Crippen LogP contribution in [-0.2, 0) is 46.1 Å². The molecule has 3 aromatic rings. The molecule has 0 amide bonds. The van der Waals surface area contributed by atoms with Crippen LogP contribution in [0.25, 0.3) is 10.7 Å². The summed E-state index contributed by atoms with van der Waals surface area (Å²) in [6.45, 7) is 4.51. The highest BCUT2D eigenvalue weighted by Crippen LogP contribution is 2.37. The van der Waals surface area contributed by atoms with E-state index in [1.807, 2.05) is 0 Å². The van der Waals surface area contributed by atoms with Gasteiger partial charge in [0, 0.05) is 41.7 Å². The van der Waals surface area contributed by atoms with Crippen LogP contribution < -0.4 is 0 Å². The number of carbonyl (C=O) groups is 3. The van der Waals surface area contributed by atoms with E-state index in [9.17, 15) is 27.6 Å². The van der Waals surface area contributed by atoms with Gasteiger partial charge in [-0.25, -0.2) is 14.6 Å². The third kappa shape index (κ3) is 10.7. The molecule has 12 nitrogen and oxygen atoms in total. The number of rotatable bonds is 13. The van der Waals surface area contributed by atoms with E-state index in [2.05, 4.69) is 36.2 Å². The van der Waals surface area contributed by atoms with Gasteiger partial charge in [0.15, 0.2) is 11.8 Å². The van der Waals surface area contributed by atoms with Gasteiger partial charge >= 0.3 is 24.1 Å². The number of hydrogen-bond donors (Lipinski definition) is 0. The van der Waals surface area contributed by atoms with Gasteiger partial charge in [-0.15, -0.1) is 16.4 Å². The molecule has 3 rings (SSSR count). The van der Waals surface area contributed by atoms with Gasteiger partial charge in [0.2, 0.25) is 0 Å². The Morgan fingerprint density at radius 1 is 1.14 bits per heavy atom. The largest absolute Gasteiger partial charge is 0.463 e. The molecule has 0 bridgehead atoms. The number of nitrogens with zero attached hydrogens (tertiary/aromatic N) is 5. The first kappa shape index (κ1) is 34.7. The SMILES string of the molecule is CC(=O)OCC(OC(Sc1cnc(C(F)(F)F)c(Br)c1)[C@H](Cn1cc(-c2nc(Cl)cs2)nn1)OC(C)=O)[C@@H](C)OC(C)=O. The standard InChI is InChI=1S/C24H24BrClF3N5O7S2/c1-11(39-13(3)36)19(9-38-12(2)35)41-23(43-15-5-16(25)21(30-6-15)24(27,28)29)18(40-14(4)37)8-34-7-17(32-33-34)22-31-20(26)10-42-22/h5-7,10-11,18-19,23H,8-9H2,1-4H3/t11-,18+,19?,23?/m1/s1. The van der Waals surface area contributed by atoms with Crippen LogP contribution in [0.3, 0.4) is 0 Å². The van der Waals surface area contributed by atoms with Gasteiger partial charge in [-0.2, -0.15) is 13.2 Å². The van der Waals surface area contributed by atoms with Crippen LogP contribution in [0.2, 0.25) is 5.15 Å². The molecule has 0 N–H and O–H groups in total. The summed E-state index contributed by atoms with van der Waals surface area (Å²) < 4.78 is 63.1. The Hall–Kier alpha value is -2.80. The number of carbonyl (C=O) groups excluding carboxylic acids is 3. The molecule has 3 aromatic heterocycles. The Morgan fingerprint density at radius 2 is 1.84 bits per heavy atom. The average molecular weight is 731 g/mol. The maximum Gasteiger partial charge on any atom is 0.434 e. The first-order valence-corrected chi connectivity index (χ1v) is 15.1. The molecule has 0 radical (unpaired) electrons. The smallest absolute Gasteiger partial charge is 0.434 e. The molecule has 3 heterocycles. The van der Waals surface area contributed by atoms with Crippen molar-refractivity contribution in [3.63, 3.8) is 0 Å². The van der Waals surface area contributed by atoms with Gasteiger partial charge in [0.05, 0.1) is 12.7 Å². The second kappa shape index (κ2) is 15.3. The molecule has 43 heavy (non-hydrogen) atoms. The molecular formula is C24H24BrClF3N5O7S2. The van der Waals surface area contributed by atoms with E-state index in [1.165, 1.54) is 49.1 Å². The second-order valence-electron chi connectivity index (χ2n) is 8.73. The lowest BCUT2D eigenvalue weighted by atomic mass is 10.2. The van der Waals surface area contributed by atoms with E-state index in [4.69, 9.17) is 30.5 Å². The number of pyridine rings is 1. The first-order chi connectivity index (χ1) is 20.1. The topological polar surface area (TPSA) is 145 Å². The van der Waals surface area contributed by atoms with Crippen molar-refractivity contribution in [1.29, 1.82) is 0 Å². The van der Waals surface area contributed by atoms with E-state index in [-0.39, 0.29) is 27.7 Å². The maximum absolute atomic E-state index is 13.3. The highest BCUT2D eigenvalue weighted by Gasteiger charge is 2.37. The molecule has 0 fully saturated rings. The van der Waals surface area contributed by atoms with E-state index < -0.39 is 53.5 Å². The van der Waals surface area contributed by atoms with Crippen molar-refractivity contribution >= 4 is 68.5 Å². The lowest BCUT2D eigenvalue weighted by Crippen LogP contribution is -2.43. The van der Waals surface area contributed by atoms with Crippen LogP contribution in [0, 0.1) is 0 Å². The van der Waals surface area contributed by atoms with Crippen LogP contribution in [0.15, 0.2) is 33.2 Å². The molecule has 0 aliphatic rings. The molecule has 19 heteroatoms. The number of aromatic nitrogens is 5. The van der Waals surface area contributed by atoms with Crippen LogP contribution >= 0.6 is 50.6 Å². The highest BCUT2D eigenvalue weighted by molar-refractivity contribution is 9.10. The average Bonchev–Trinajstić information content (AvgIpc) is 3.52. The minimum Gasteiger partial charge on any atom is -0.463 e. The van der Waals surface area contributed by atoms with Crippen molar-refractivity contribution in [3.05, 3.63) is 39.2 Å². The number of ether oxygens (including phenoxy) is 4. The monoisotopic (exact) mass is 729 g/mol. The highest BCUT2D eigenvalue weighted by atomic mass is 79.9. The van der Waals surface area contributed by atoms with Crippen molar-refractivity contribution in [2.24, 2.45) is 0 Å². The van der Waals surface area contributed by atoms with Gasteiger partial charge in [-0.3, -0.25) is 14.4 Å². The minimum atomic E-state index is -4.71. The van der Waals surface area contributed by atoms with Gasteiger partial charge in [0.25, 0.3) is 0 Å². The Morgan fingerprint density at radius 3 is 2.40 bits per heavy atom. The second-order valence-corrected chi connectivity index (χ2v) is 12.0. The Balaban J connectivity index is 1.99. The molecule has 0 saturated carbocycles. The van der Waals surface area contributed by atoms with E-state index in [0.717, 1.165) is 24.9 Å². The summed E-state index contributed by atoms with van der Waals surface area (Å²) in [5, 5.41) is 10.5. The third-order valence-corrected chi connectivity index (χ3v) is 8.13. The van der Waals surface area contributed by atoms with Crippen molar-refractivity contribution in [3.8, 4) is 10.7 Å². The number of alkyl halides is 3. The Bertz CT molecular complexity index is 1440. The fourth-order valence-electron chi connectivity index (χ4n) is 3.45. The van der Waals surface area contributed by atoms with E-state index in [0.29, 0.717) is 10.7 Å². The van der Waals surface area contributed by atoms with Gasteiger partial charge in [-0.05, 0) is 28.9 Å². The van der Waals surface area contributed by atoms with Crippen molar-refractivity contribution in [1.82, 2.24) is 25.0 Å². The lowest BCUT2D eigenvalue weighted by molar-refractivity contribution is -0.170. The van der Waals surface area contributed by atoms with Crippen molar-refractivity contribution in [2.45, 2.75) is 69.1 Å². The fraction of sp³-hybridized carbons (Fsp3) is 0.458.